The summed E-state index contributed by atoms with van der Waals surface area (Å²) in [4.78, 5) is 0. The first-order valence-electron chi connectivity index (χ1n) is 7.54. The molecule has 19 heavy (non-hydrogen) atoms. The number of alkyl halides is 2. The molecule has 0 radical (unpaired) electrons. The minimum atomic E-state index is -2.26. The summed E-state index contributed by atoms with van der Waals surface area (Å²) in [5.41, 5.74) is 0.924. The second-order valence-corrected chi connectivity index (χ2v) is 10.8. The highest BCUT2D eigenvalue weighted by atomic mass is 35.5. The summed E-state index contributed by atoms with van der Waals surface area (Å²) in [7, 11) is 1.39. The van der Waals surface area contributed by atoms with Gasteiger partial charge in [-0.15, -0.1) is 23.2 Å². The van der Waals surface area contributed by atoms with E-state index in [1.54, 1.807) is 0 Å². The van der Waals surface area contributed by atoms with Gasteiger partial charge in [-0.2, -0.15) is 0 Å². The lowest BCUT2D eigenvalue weighted by Gasteiger charge is -2.46. The first kappa shape index (κ1) is 16.1. The average molecular weight is 325 g/mol. The van der Waals surface area contributed by atoms with Gasteiger partial charge >= 0.3 is 8.56 Å². The second kappa shape index (κ2) is 7.12. The Labute approximate surface area is 128 Å². The van der Waals surface area contributed by atoms with E-state index in [0.29, 0.717) is 11.1 Å². The topological polar surface area (TPSA) is 18.5 Å². The Kier molecular flexibility index (Phi) is 6.03. The van der Waals surface area contributed by atoms with Crippen molar-refractivity contribution in [2.75, 3.05) is 14.2 Å². The van der Waals surface area contributed by atoms with Crippen LogP contribution in [0.4, 0.5) is 0 Å². The molecule has 3 atom stereocenters. The predicted molar refractivity (Wildman–Crippen MR) is 83.5 cm³/mol. The molecule has 0 bridgehead atoms. The number of hydrogen-bond donors (Lipinski definition) is 0. The molecule has 0 amide bonds. The quantitative estimate of drug-likeness (QED) is 0.545. The molecule has 2 saturated carbocycles. The van der Waals surface area contributed by atoms with E-state index in [1.165, 1.54) is 32.1 Å². The monoisotopic (exact) mass is 324 g/mol. The van der Waals surface area contributed by atoms with Crippen molar-refractivity contribution in [2.24, 2.45) is 0 Å². The van der Waals surface area contributed by atoms with E-state index in [1.807, 2.05) is 14.2 Å². The lowest BCUT2D eigenvalue weighted by Crippen LogP contribution is -2.55. The molecule has 2 aliphatic rings. The van der Waals surface area contributed by atoms with Crippen LogP contribution in [0.25, 0.3) is 0 Å². The number of rotatable bonds is 4. The normalized spacial score (nSPS) is 34.4. The molecule has 2 aliphatic carbocycles. The molecule has 0 heterocycles. The summed E-state index contributed by atoms with van der Waals surface area (Å²) in [5, 5.41) is 0.0742. The average Bonchev–Trinajstić information content (AvgIpc) is 2.46. The summed E-state index contributed by atoms with van der Waals surface area (Å²) < 4.78 is 12.1. The van der Waals surface area contributed by atoms with Crippen LogP contribution in [0.1, 0.15) is 51.4 Å². The third-order valence-corrected chi connectivity index (χ3v) is 11.2. The van der Waals surface area contributed by atoms with Crippen molar-refractivity contribution in [3.63, 3.8) is 0 Å². The molecule has 0 saturated heterocycles. The molecule has 0 N–H and O–H groups in total. The maximum absolute atomic E-state index is 6.64. The third kappa shape index (κ3) is 3.15. The van der Waals surface area contributed by atoms with Gasteiger partial charge in [0.25, 0.3) is 0 Å². The van der Waals surface area contributed by atoms with Crippen molar-refractivity contribution < 1.29 is 8.85 Å². The van der Waals surface area contributed by atoms with E-state index in [2.05, 4.69) is 0 Å². The van der Waals surface area contributed by atoms with Crippen molar-refractivity contribution in [1.82, 2.24) is 0 Å². The Balaban J connectivity index is 2.21. The largest absolute Gasteiger partial charge is 0.397 e. The highest BCUT2D eigenvalue weighted by Gasteiger charge is 2.55. The first-order valence-corrected chi connectivity index (χ1v) is 10.4. The van der Waals surface area contributed by atoms with E-state index < -0.39 is 8.56 Å². The number of hydrogen-bond acceptors (Lipinski definition) is 2. The van der Waals surface area contributed by atoms with Crippen LogP contribution in [0.3, 0.4) is 0 Å². The molecular formula is C14H26Cl2O2Si. The molecule has 0 spiro atoms. The SMILES string of the molecule is CO[Si](OC)(C1CCCCC1)C1CCCC(Cl)C1Cl. The summed E-state index contributed by atoms with van der Waals surface area (Å²) in [6.45, 7) is 0. The molecule has 3 unspecified atom stereocenters. The van der Waals surface area contributed by atoms with Gasteiger partial charge in [0.15, 0.2) is 0 Å². The van der Waals surface area contributed by atoms with E-state index in [0.717, 1.165) is 19.3 Å². The standard InChI is InChI=1S/C14H26Cl2O2Si/c1-17-19(18-2,11-7-4-3-5-8-11)13-10-6-9-12(15)14(13)16/h11-14H,3-10H2,1-2H3. The van der Waals surface area contributed by atoms with Crippen LogP contribution in [0.5, 0.6) is 0 Å². The zero-order chi connectivity index (χ0) is 13.9. The molecular weight excluding hydrogens is 299 g/mol. The lowest BCUT2D eigenvalue weighted by atomic mass is 9.98. The predicted octanol–water partition coefficient (Wildman–Crippen LogP) is 4.82. The van der Waals surface area contributed by atoms with E-state index in [9.17, 15) is 0 Å². The Hall–Kier alpha value is 0.717. The van der Waals surface area contributed by atoms with Crippen molar-refractivity contribution in [2.45, 2.75) is 73.2 Å². The van der Waals surface area contributed by atoms with Gasteiger partial charge in [-0.3, -0.25) is 0 Å². The first-order chi connectivity index (χ1) is 9.15. The van der Waals surface area contributed by atoms with Crippen LogP contribution in [0.15, 0.2) is 0 Å². The second-order valence-electron chi connectivity index (χ2n) is 5.96. The van der Waals surface area contributed by atoms with Crippen LogP contribution < -0.4 is 0 Å². The van der Waals surface area contributed by atoms with Crippen molar-refractivity contribution in [3.05, 3.63) is 0 Å². The molecule has 2 nitrogen and oxygen atoms in total. The zero-order valence-electron chi connectivity index (χ0n) is 12.0. The summed E-state index contributed by atoms with van der Waals surface area (Å²) in [5.74, 6) is 0. The van der Waals surface area contributed by atoms with E-state index in [-0.39, 0.29) is 10.8 Å². The van der Waals surface area contributed by atoms with Gasteiger partial charge < -0.3 is 8.85 Å². The van der Waals surface area contributed by atoms with Crippen molar-refractivity contribution >= 4 is 31.8 Å². The molecule has 2 rings (SSSR count). The van der Waals surface area contributed by atoms with Crippen LogP contribution in [-0.4, -0.2) is 33.5 Å². The van der Waals surface area contributed by atoms with Gasteiger partial charge in [0.2, 0.25) is 0 Å². The Morgan fingerprint density at radius 1 is 0.842 bits per heavy atom. The minimum Gasteiger partial charge on any atom is -0.397 e. The van der Waals surface area contributed by atoms with Gasteiger partial charge in [0.05, 0.1) is 10.8 Å². The highest BCUT2D eigenvalue weighted by molar-refractivity contribution is 6.71. The van der Waals surface area contributed by atoms with Crippen LogP contribution in [0, 0.1) is 0 Å². The van der Waals surface area contributed by atoms with Gasteiger partial charge in [0.1, 0.15) is 0 Å². The van der Waals surface area contributed by atoms with Gasteiger partial charge in [-0.1, -0.05) is 25.7 Å². The van der Waals surface area contributed by atoms with Crippen molar-refractivity contribution in [3.8, 4) is 0 Å². The Morgan fingerprint density at radius 2 is 1.47 bits per heavy atom. The summed E-state index contributed by atoms with van der Waals surface area (Å²) in [6, 6.07) is 0. The fourth-order valence-electron chi connectivity index (χ4n) is 4.05. The fraction of sp³-hybridized carbons (Fsp3) is 1.00. The molecule has 0 aromatic heterocycles. The third-order valence-electron chi connectivity index (χ3n) is 5.05. The molecule has 2 fully saturated rings. The van der Waals surface area contributed by atoms with Gasteiger partial charge in [-0.05, 0) is 25.7 Å². The fourth-order valence-corrected chi connectivity index (χ4v) is 9.82. The minimum absolute atomic E-state index is 0.00362. The number of halogens is 2. The lowest BCUT2D eigenvalue weighted by molar-refractivity contribution is 0.194. The van der Waals surface area contributed by atoms with Crippen LogP contribution in [-0.2, 0) is 8.85 Å². The van der Waals surface area contributed by atoms with Crippen LogP contribution >= 0.6 is 23.2 Å². The summed E-state index contributed by atoms with van der Waals surface area (Å²) in [6.07, 6.45) is 9.71. The molecule has 0 aliphatic heterocycles. The molecule has 112 valence electrons. The maximum atomic E-state index is 6.64. The highest BCUT2D eigenvalue weighted by Crippen LogP contribution is 2.51. The molecule has 0 aromatic carbocycles. The molecule has 5 heteroatoms. The van der Waals surface area contributed by atoms with E-state index in [4.69, 9.17) is 32.1 Å². The zero-order valence-corrected chi connectivity index (χ0v) is 14.6. The smallest absolute Gasteiger partial charge is 0.345 e. The van der Waals surface area contributed by atoms with Gasteiger partial charge in [0, 0.05) is 25.3 Å². The molecule has 0 aromatic rings. The summed E-state index contributed by atoms with van der Waals surface area (Å²) >= 11 is 13.0. The Morgan fingerprint density at radius 3 is 2.05 bits per heavy atom. The van der Waals surface area contributed by atoms with E-state index >= 15 is 0 Å². The van der Waals surface area contributed by atoms with Gasteiger partial charge in [-0.25, -0.2) is 0 Å². The van der Waals surface area contributed by atoms with Crippen molar-refractivity contribution in [1.29, 1.82) is 0 Å². The Bertz CT molecular complexity index is 281. The van der Waals surface area contributed by atoms with Crippen LogP contribution in [0.2, 0.25) is 11.1 Å². The maximum Gasteiger partial charge on any atom is 0.345 e.